The molecule has 0 N–H and O–H groups in total. The minimum Gasteiger partial charge on any atom is -0.496 e. The van der Waals surface area contributed by atoms with Gasteiger partial charge in [-0.05, 0) is 30.2 Å². The van der Waals surface area contributed by atoms with Crippen molar-refractivity contribution in [3.63, 3.8) is 0 Å². The molecule has 4 nitrogen and oxygen atoms in total. The first-order chi connectivity index (χ1) is 12.0. The third-order valence-corrected chi connectivity index (χ3v) is 3.97. The number of aryl methyl sites for hydroxylation is 1. The molecule has 0 aliphatic heterocycles. The molecular weight excluding hydrogens is 347 g/mol. The average Bonchev–Trinajstić information content (AvgIpc) is 2.62. The fourth-order valence-corrected chi connectivity index (χ4v) is 2.51. The average molecular weight is 367 g/mol. The maximum absolute atomic E-state index is 14.0. The van der Waals surface area contributed by atoms with Crippen LogP contribution in [0.2, 0.25) is 5.02 Å². The predicted octanol–water partition coefficient (Wildman–Crippen LogP) is 4.94. The van der Waals surface area contributed by atoms with Crippen LogP contribution in [-0.4, -0.2) is 13.1 Å². The second-order valence-corrected chi connectivity index (χ2v) is 5.69. The van der Waals surface area contributed by atoms with Gasteiger partial charge in [-0.2, -0.15) is 0 Å². The van der Waals surface area contributed by atoms with Gasteiger partial charge in [0.15, 0.2) is 0 Å². The van der Waals surface area contributed by atoms with Gasteiger partial charge in [-0.3, -0.25) is 4.79 Å². The highest BCUT2D eigenvalue weighted by Gasteiger charge is 2.15. The fraction of sp³-hybridized carbons (Fsp3) is 0.316. The summed E-state index contributed by atoms with van der Waals surface area (Å²) in [4.78, 5) is 11.6. The molecule has 0 unspecified atom stereocenters. The Kier molecular flexibility index (Phi) is 6.65. The van der Waals surface area contributed by atoms with E-state index in [9.17, 15) is 9.18 Å². The molecule has 0 aliphatic rings. The number of ether oxygens (including phenoxy) is 3. The van der Waals surface area contributed by atoms with E-state index in [1.807, 2.05) is 6.92 Å². The van der Waals surface area contributed by atoms with E-state index in [0.29, 0.717) is 34.1 Å². The quantitative estimate of drug-likeness (QED) is 0.514. The zero-order valence-corrected chi connectivity index (χ0v) is 15.2. The Hall–Kier alpha value is -2.27. The summed E-state index contributed by atoms with van der Waals surface area (Å²) in [6.45, 7) is 3.57. The summed E-state index contributed by atoms with van der Waals surface area (Å²) >= 11 is 6.16. The minimum absolute atomic E-state index is 0.0149. The largest absolute Gasteiger partial charge is 0.496 e. The van der Waals surface area contributed by atoms with Gasteiger partial charge in [0, 0.05) is 12.5 Å². The molecule has 0 saturated heterocycles. The van der Waals surface area contributed by atoms with Gasteiger partial charge in [0.1, 0.15) is 29.7 Å². The highest BCUT2D eigenvalue weighted by Crippen LogP contribution is 2.33. The lowest BCUT2D eigenvalue weighted by atomic mass is 10.1. The molecule has 0 heterocycles. The van der Waals surface area contributed by atoms with Gasteiger partial charge in [0.05, 0.1) is 17.7 Å². The van der Waals surface area contributed by atoms with Crippen LogP contribution in [0.15, 0.2) is 30.3 Å². The Morgan fingerprint density at radius 3 is 2.52 bits per heavy atom. The molecule has 0 fully saturated rings. The third-order valence-electron chi connectivity index (χ3n) is 3.68. The van der Waals surface area contributed by atoms with Crippen molar-refractivity contribution in [1.82, 2.24) is 0 Å². The Bertz CT molecular complexity index is 761. The van der Waals surface area contributed by atoms with Gasteiger partial charge in [-0.15, -0.1) is 0 Å². The summed E-state index contributed by atoms with van der Waals surface area (Å²) in [5.41, 5.74) is 1.06. The van der Waals surface area contributed by atoms with Crippen LogP contribution in [0.5, 0.6) is 17.2 Å². The van der Waals surface area contributed by atoms with Crippen molar-refractivity contribution in [2.24, 2.45) is 0 Å². The number of rotatable bonds is 7. The van der Waals surface area contributed by atoms with Crippen molar-refractivity contribution in [3.05, 3.63) is 52.3 Å². The number of halogens is 2. The molecule has 2 rings (SSSR count). The summed E-state index contributed by atoms with van der Waals surface area (Å²) in [7, 11) is 1.51. The number of benzene rings is 2. The molecule has 0 amide bonds. The van der Waals surface area contributed by atoms with Crippen molar-refractivity contribution in [2.45, 2.75) is 33.3 Å². The normalized spacial score (nSPS) is 10.4. The lowest BCUT2D eigenvalue weighted by Crippen LogP contribution is -2.09. The van der Waals surface area contributed by atoms with E-state index < -0.39 is 0 Å². The second-order valence-electron chi connectivity index (χ2n) is 5.28. The first-order valence-electron chi connectivity index (χ1n) is 7.97. The Labute approximate surface area is 151 Å². The molecule has 2 aromatic rings. The smallest absolute Gasteiger partial charge is 0.310 e. The fourth-order valence-electron chi connectivity index (χ4n) is 2.27. The van der Waals surface area contributed by atoms with Crippen LogP contribution in [0.4, 0.5) is 4.39 Å². The topological polar surface area (TPSA) is 44.8 Å². The zero-order valence-electron chi connectivity index (χ0n) is 14.4. The molecule has 0 bridgehead atoms. The van der Waals surface area contributed by atoms with E-state index in [1.54, 1.807) is 31.2 Å². The number of methoxy groups -OCH3 is 1. The molecule has 0 atom stereocenters. The van der Waals surface area contributed by atoms with Gasteiger partial charge >= 0.3 is 5.97 Å². The lowest BCUT2D eigenvalue weighted by molar-refractivity contribution is -0.134. The molecule has 0 saturated carbocycles. The third kappa shape index (κ3) is 4.63. The lowest BCUT2D eigenvalue weighted by Gasteiger charge is -2.15. The number of hydrogen-bond donors (Lipinski definition) is 0. The zero-order chi connectivity index (χ0) is 18.4. The van der Waals surface area contributed by atoms with Gasteiger partial charge < -0.3 is 14.2 Å². The summed E-state index contributed by atoms with van der Waals surface area (Å²) in [6, 6.07) is 7.89. The van der Waals surface area contributed by atoms with Crippen molar-refractivity contribution in [2.75, 3.05) is 7.11 Å². The van der Waals surface area contributed by atoms with E-state index in [0.717, 1.165) is 0 Å². The Morgan fingerprint density at radius 1 is 1.16 bits per heavy atom. The maximum atomic E-state index is 14.0. The van der Waals surface area contributed by atoms with Crippen LogP contribution in [0.1, 0.15) is 31.4 Å². The van der Waals surface area contributed by atoms with E-state index in [1.165, 1.54) is 13.2 Å². The minimum atomic E-state index is -0.375. The summed E-state index contributed by atoms with van der Waals surface area (Å²) in [5.74, 6) is 0.316. The molecule has 0 aromatic heterocycles. The first kappa shape index (κ1) is 19.1. The Balaban J connectivity index is 2.28. The summed E-state index contributed by atoms with van der Waals surface area (Å²) in [6.07, 6.45) is 0.780. The first-order valence-corrected chi connectivity index (χ1v) is 8.35. The molecule has 25 heavy (non-hydrogen) atoms. The van der Waals surface area contributed by atoms with Gasteiger partial charge in [-0.1, -0.05) is 31.5 Å². The molecular formula is C19H20ClFO4. The molecule has 0 radical (unpaired) electrons. The molecule has 2 aromatic carbocycles. The van der Waals surface area contributed by atoms with Crippen molar-refractivity contribution in [3.8, 4) is 17.2 Å². The standard InChI is InChI=1S/C19H20ClFO4/c1-4-12-9-14(20)18(10-15(12)21)24-11-13-16(23-3)7-6-8-17(13)25-19(22)5-2/h6-10H,4-5,11H2,1-3H3. The summed E-state index contributed by atoms with van der Waals surface area (Å²) in [5, 5.41) is 0.320. The Morgan fingerprint density at radius 2 is 1.88 bits per heavy atom. The van der Waals surface area contributed by atoms with E-state index in [-0.39, 0.29) is 30.6 Å². The van der Waals surface area contributed by atoms with E-state index in [4.69, 9.17) is 25.8 Å². The van der Waals surface area contributed by atoms with Crippen molar-refractivity contribution in [1.29, 1.82) is 0 Å². The molecule has 134 valence electrons. The predicted molar refractivity (Wildman–Crippen MR) is 94.0 cm³/mol. The highest BCUT2D eigenvalue weighted by molar-refractivity contribution is 6.32. The number of hydrogen-bond acceptors (Lipinski definition) is 4. The number of esters is 1. The van der Waals surface area contributed by atoms with E-state index >= 15 is 0 Å². The van der Waals surface area contributed by atoms with Gasteiger partial charge in [0.25, 0.3) is 0 Å². The SMILES string of the molecule is CCC(=O)Oc1cccc(OC)c1COc1cc(F)c(CC)cc1Cl. The maximum Gasteiger partial charge on any atom is 0.310 e. The molecule has 0 spiro atoms. The molecule has 0 aliphatic carbocycles. The van der Waals surface area contributed by atoms with Crippen molar-refractivity contribution >= 4 is 17.6 Å². The van der Waals surface area contributed by atoms with E-state index in [2.05, 4.69) is 0 Å². The monoisotopic (exact) mass is 366 g/mol. The van der Waals surface area contributed by atoms with Gasteiger partial charge in [-0.25, -0.2) is 4.39 Å². The van der Waals surface area contributed by atoms with Crippen molar-refractivity contribution < 1.29 is 23.4 Å². The number of carbonyl (C=O) groups excluding carboxylic acids is 1. The number of carbonyl (C=O) groups is 1. The summed E-state index contributed by atoms with van der Waals surface area (Å²) < 4.78 is 30.2. The second kappa shape index (κ2) is 8.72. The van der Waals surface area contributed by atoms with Crippen LogP contribution in [-0.2, 0) is 17.8 Å². The van der Waals surface area contributed by atoms with Crippen LogP contribution in [0.25, 0.3) is 0 Å². The van der Waals surface area contributed by atoms with Crippen LogP contribution in [0.3, 0.4) is 0 Å². The molecule has 6 heteroatoms. The van der Waals surface area contributed by atoms with Crippen LogP contribution in [0, 0.1) is 5.82 Å². The van der Waals surface area contributed by atoms with Gasteiger partial charge in [0.2, 0.25) is 0 Å². The van der Waals surface area contributed by atoms with Crippen LogP contribution >= 0.6 is 11.6 Å². The highest BCUT2D eigenvalue weighted by atomic mass is 35.5. The van der Waals surface area contributed by atoms with Crippen LogP contribution < -0.4 is 14.2 Å².